The van der Waals surface area contributed by atoms with Gasteiger partial charge < -0.3 is 19.3 Å². The molecule has 0 spiro atoms. The zero-order valence-corrected chi connectivity index (χ0v) is 19.6. The first kappa shape index (κ1) is 22.8. The third-order valence-corrected chi connectivity index (χ3v) is 5.91. The van der Waals surface area contributed by atoms with Crippen LogP contribution in [0.5, 0.6) is 11.5 Å². The Hall–Kier alpha value is -2.83. The zero-order chi connectivity index (χ0) is 22.5. The van der Waals surface area contributed by atoms with Gasteiger partial charge in [-0.05, 0) is 52.2 Å². The molecule has 1 saturated heterocycles. The van der Waals surface area contributed by atoms with Crippen LogP contribution in [0.4, 0.5) is 5.82 Å². The molecule has 0 unspecified atom stereocenters. The number of aryl methyl sites for hydroxylation is 2. The summed E-state index contributed by atoms with van der Waals surface area (Å²) in [6.45, 7) is 10.4. The van der Waals surface area contributed by atoms with Crippen LogP contribution in [0.3, 0.4) is 0 Å². The highest BCUT2D eigenvalue weighted by Crippen LogP contribution is 2.31. The summed E-state index contributed by atoms with van der Waals surface area (Å²) in [6, 6.07) is 5.88. The SMILES string of the molecule is CCCN(C(=O)c1cc(OC)c(C)c(OC)c1)C1CCN(c2cc(C)nc(C)n2)CC1. The number of ether oxygens (including phenoxy) is 2. The predicted octanol–water partition coefficient (Wildman–Crippen LogP) is 3.94. The largest absolute Gasteiger partial charge is 0.496 e. The number of nitrogens with zero attached hydrogens (tertiary/aromatic N) is 4. The third kappa shape index (κ3) is 5.09. The normalized spacial score (nSPS) is 14.5. The molecule has 3 rings (SSSR count). The second-order valence-electron chi connectivity index (χ2n) is 8.14. The van der Waals surface area contributed by atoms with Gasteiger partial charge in [0.05, 0.1) is 14.2 Å². The number of carbonyl (C=O) groups is 1. The molecule has 7 heteroatoms. The van der Waals surface area contributed by atoms with Crippen LogP contribution in [0.25, 0.3) is 0 Å². The minimum atomic E-state index is 0.0330. The second kappa shape index (κ2) is 9.98. The van der Waals surface area contributed by atoms with Crippen molar-refractivity contribution in [3.63, 3.8) is 0 Å². The van der Waals surface area contributed by atoms with E-state index in [1.54, 1.807) is 14.2 Å². The summed E-state index contributed by atoms with van der Waals surface area (Å²) in [6.07, 6.45) is 2.73. The van der Waals surface area contributed by atoms with E-state index in [4.69, 9.17) is 9.47 Å². The summed E-state index contributed by atoms with van der Waals surface area (Å²) in [4.78, 5) is 26.8. The molecule has 0 aliphatic carbocycles. The molecule has 1 aliphatic rings. The lowest BCUT2D eigenvalue weighted by Crippen LogP contribution is -2.48. The van der Waals surface area contributed by atoms with Crippen LogP contribution in [-0.4, -0.2) is 60.7 Å². The van der Waals surface area contributed by atoms with Crippen molar-refractivity contribution in [3.8, 4) is 11.5 Å². The molecule has 2 heterocycles. The van der Waals surface area contributed by atoms with Gasteiger partial charge in [0.1, 0.15) is 23.1 Å². The zero-order valence-electron chi connectivity index (χ0n) is 19.6. The van der Waals surface area contributed by atoms with Gasteiger partial charge in [0.2, 0.25) is 0 Å². The number of amides is 1. The molecular formula is C24H34N4O3. The fraction of sp³-hybridized carbons (Fsp3) is 0.542. The van der Waals surface area contributed by atoms with Crippen LogP contribution < -0.4 is 14.4 Å². The minimum Gasteiger partial charge on any atom is -0.496 e. The second-order valence-corrected chi connectivity index (χ2v) is 8.14. The summed E-state index contributed by atoms with van der Waals surface area (Å²) in [5.41, 5.74) is 2.49. The van der Waals surface area contributed by atoms with Crippen molar-refractivity contribution in [2.45, 2.75) is 53.0 Å². The average Bonchev–Trinajstić information content (AvgIpc) is 2.76. The number of rotatable bonds is 7. The van der Waals surface area contributed by atoms with E-state index in [0.717, 1.165) is 61.8 Å². The first-order valence-electron chi connectivity index (χ1n) is 11.0. The summed E-state index contributed by atoms with van der Waals surface area (Å²) in [5, 5.41) is 0. The molecular weight excluding hydrogens is 392 g/mol. The van der Waals surface area contributed by atoms with E-state index in [-0.39, 0.29) is 11.9 Å². The van der Waals surface area contributed by atoms with Gasteiger partial charge in [-0.3, -0.25) is 4.79 Å². The summed E-state index contributed by atoms with van der Waals surface area (Å²) < 4.78 is 11.0. The van der Waals surface area contributed by atoms with E-state index in [0.29, 0.717) is 17.1 Å². The number of benzene rings is 1. The Labute approximate surface area is 185 Å². The van der Waals surface area contributed by atoms with Gasteiger partial charge >= 0.3 is 0 Å². The van der Waals surface area contributed by atoms with Gasteiger partial charge in [-0.2, -0.15) is 0 Å². The van der Waals surface area contributed by atoms with Crippen LogP contribution in [0.15, 0.2) is 18.2 Å². The summed E-state index contributed by atoms with van der Waals surface area (Å²) in [5.74, 6) is 3.14. The fourth-order valence-electron chi connectivity index (χ4n) is 4.33. The summed E-state index contributed by atoms with van der Waals surface area (Å²) in [7, 11) is 3.23. The first-order valence-corrected chi connectivity index (χ1v) is 11.0. The van der Waals surface area contributed by atoms with Gasteiger partial charge in [-0.15, -0.1) is 0 Å². The quantitative estimate of drug-likeness (QED) is 0.668. The van der Waals surface area contributed by atoms with Crippen LogP contribution in [0.1, 0.15) is 53.6 Å². The highest BCUT2D eigenvalue weighted by molar-refractivity contribution is 5.95. The van der Waals surface area contributed by atoms with Gasteiger partial charge in [-0.25, -0.2) is 9.97 Å². The smallest absolute Gasteiger partial charge is 0.254 e. The Balaban J connectivity index is 1.78. The standard InChI is InChI=1S/C24H34N4O3/c1-7-10-28(24(29)19-14-21(30-5)17(3)22(15-19)31-6)20-8-11-27(12-9-20)23-13-16(2)25-18(4)26-23/h13-15,20H,7-12H2,1-6H3. The molecule has 0 N–H and O–H groups in total. The van der Waals surface area contributed by atoms with Gasteiger partial charge in [0, 0.05) is 48.6 Å². The number of hydrogen-bond donors (Lipinski definition) is 0. The lowest BCUT2D eigenvalue weighted by Gasteiger charge is -2.39. The van der Waals surface area contributed by atoms with E-state index in [9.17, 15) is 4.79 Å². The molecule has 168 valence electrons. The van der Waals surface area contributed by atoms with Crippen molar-refractivity contribution in [2.24, 2.45) is 0 Å². The van der Waals surface area contributed by atoms with Crippen LogP contribution in [-0.2, 0) is 0 Å². The van der Waals surface area contributed by atoms with Crippen molar-refractivity contribution >= 4 is 11.7 Å². The highest BCUT2D eigenvalue weighted by atomic mass is 16.5. The van der Waals surface area contributed by atoms with Crippen LogP contribution in [0, 0.1) is 20.8 Å². The number of piperidine rings is 1. The Bertz CT molecular complexity index is 878. The van der Waals surface area contributed by atoms with Crippen molar-refractivity contribution in [1.82, 2.24) is 14.9 Å². The maximum absolute atomic E-state index is 13.5. The van der Waals surface area contributed by atoms with E-state index in [2.05, 4.69) is 21.8 Å². The lowest BCUT2D eigenvalue weighted by atomic mass is 10.0. The topological polar surface area (TPSA) is 67.8 Å². The average molecular weight is 427 g/mol. The third-order valence-electron chi connectivity index (χ3n) is 5.91. The molecule has 0 saturated carbocycles. The summed E-state index contributed by atoms with van der Waals surface area (Å²) >= 11 is 0. The van der Waals surface area contributed by atoms with Crippen molar-refractivity contribution in [3.05, 3.63) is 40.8 Å². The van der Waals surface area contributed by atoms with Crippen LogP contribution >= 0.6 is 0 Å². The van der Waals surface area contributed by atoms with Crippen molar-refractivity contribution in [2.75, 3.05) is 38.8 Å². The maximum atomic E-state index is 13.5. The predicted molar refractivity (Wildman–Crippen MR) is 122 cm³/mol. The van der Waals surface area contributed by atoms with Crippen molar-refractivity contribution in [1.29, 1.82) is 0 Å². The number of carbonyl (C=O) groups excluding carboxylic acids is 1. The van der Waals surface area contributed by atoms with Crippen molar-refractivity contribution < 1.29 is 14.3 Å². The van der Waals surface area contributed by atoms with Gasteiger partial charge in [-0.1, -0.05) is 6.92 Å². The Kier molecular flexibility index (Phi) is 7.36. The molecule has 1 aliphatic heterocycles. The maximum Gasteiger partial charge on any atom is 0.254 e. The van der Waals surface area contributed by atoms with E-state index in [1.165, 1.54) is 0 Å². The molecule has 0 radical (unpaired) electrons. The molecule has 1 amide bonds. The van der Waals surface area contributed by atoms with Gasteiger partial charge in [0.25, 0.3) is 5.91 Å². The van der Waals surface area contributed by atoms with E-state index < -0.39 is 0 Å². The molecule has 0 atom stereocenters. The molecule has 31 heavy (non-hydrogen) atoms. The molecule has 1 fully saturated rings. The highest BCUT2D eigenvalue weighted by Gasteiger charge is 2.29. The number of aromatic nitrogens is 2. The molecule has 2 aromatic rings. The number of hydrogen-bond acceptors (Lipinski definition) is 6. The minimum absolute atomic E-state index is 0.0330. The number of methoxy groups -OCH3 is 2. The van der Waals surface area contributed by atoms with E-state index >= 15 is 0 Å². The monoisotopic (exact) mass is 426 g/mol. The van der Waals surface area contributed by atoms with Crippen LogP contribution in [0.2, 0.25) is 0 Å². The van der Waals surface area contributed by atoms with E-state index in [1.807, 2.05) is 43.9 Å². The molecule has 0 bridgehead atoms. The molecule has 1 aromatic heterocycles. The lowest BCUT2D eigenvalue weighted by molar-refractivity contribution is 0.0649. The molecule has 7 nitrogen and oxygen atoms in total. The number of anilines is 1. The Morgan fingerprint density at radius 3 is 2.19 bits per heavy atom. The first-order chi connectivity index (χ1) is 14.9. The Morgan fingerprint density at radius 2 is 1.68 bits per heavy atom. The Morgan fingerprint density at radius 1 is 1.06 bits per heavy atom. The fourth-order valence-corrected chi connectivity index (χ4v) is 4.33. The van der Waals surface area contributed by atoms with Gasteiger partial charge in [0.15, 0.2) is 0 Å². The molecule has 1 aromatic carbocycles.